The second-order valence-corrected chi connectivity index (χ2v) is 3.64. The van der Waals surface area contributed by atoms with Crippen LogP contribution in [0, 0.1) is 6.92 Å². The Labute approximate surface area is 89.2 Å². The number of hydrogen-bond acceptors (Lipinski definition) is 4. The van der Waals surface area contributed by atoms with Gasteiger partial charge in [0.15, 0.2) is 4.60 Å². The van der Waals surface area contributed by atoms with Gasteiger partial charge in [-0.3, -0.25) is 4.68 Å². The number of nitrogens with zero attached hydrogens (tertiary/aromatic N) is 4. The number of aromatic nitrogens is 4. The number of ether oxygens (including phenoxy) is 1. The van der Waals surface area contributed by atoms with Crippen molar-refractivity contribution in [3.63, 3.8) is 0 Å². The number of aryl methyl sites for hydroxylation is 2. The molecule has 0 aliphatic rings. The Bertz CT molecular complexity index is 494. The molecule has 2 aromatic rings. The molecule has 0 bridgehead atoms. The van der Waals surface area contributed by atoms with Crippen LogP contribution in [-0.2, 0) is 7.05 Å². The molecule has 0 N–H and O–H groups in total. The predicted molar refractivity (Wildman–Crippen MR) is 55.3 cm³/mol. The Balaban J connectivity index is 2.90. The Hall–Kier alpha value is -1.17. The minimum atomic E-state index is 0.549. The van der Waals surface area contributed by atoms with Crippen molar-refractivity contribution in [1.29, 1.82) is 0 Å². The molecular weight excluding hydrogens is 248 g/mol. The van der Waals surface area contributed by atoms with E-state index in [1.54, 1.807) is 11.8 Å². The van der Waals surface area contributed by atoms with Gasteiger partial charge in [0.2, 0.25) is 5.88 Å². The second-order valence-electron chi connectivity index (χ2n) is 2.89. The molecule has 0 aliphatic heterocycles. The molecule has 0 radical (unpaired) electrons. The summed E-state index contributed by atoms with van der Waals surface area (Å²) in [5.74, 6) is 1.22. The molecule has 0 fully saturated rings. The van der Waals surface area contributed by atoms with Gasteiger partial charge in [-0.1, -0.05) is 0 Å². The van der Waals surface area contributed by atoms with E-state index in [2.05, 4.69) is 31.0 Å². The summed E-state index contributed by atoms with van der Waals surface area (Å²) in [7, 11) is 3.41. The van der Waals surface area contributed by atoms with E-state index in [-0.39, 0.29) is 0 Å². The Morgan fingerprint density at radius 2 is 2.07 bits per heavy atom. The Kier molecular flexibility index (Phi) is 2.14. The summed E-state index contributed by atoms with van der Waals surface area (Å²) in [6.45, 7) is 1.82. The van der Waals surface area contributed by atoms with Gasteiger partial charge in [-0.05, 0) is 22.9 Å². The lowest BCUT2D eigenvalue weighted by Crippen LogP contribution is -1.98. The molecule has 74 valence electrons. The zero-order chi connectivity index (χ0) is 10.3. The highest BCUT2D eigenvalue weighted by atomic mass is 79.9. The molecule has 14 heavy (non-hydrogen) atoms. The fourth-order valence-electron chi connectivity index (χ4n) is 1.35. The SMILES string of the molecule is COc1nc(C)nc2c(Br)nn(C)c12. The fourth-order valence-corrected chi connectivity index (χ4v) is 1.86. The van der Waals surface area contributed by atoms with Crippen LogP contribution in [-0.4, -0.2) is 26.9 Å². The summed E-state index contributed by atoms with van der Waals surface area (Å²) >= 11 is 3.34. The standard InChI is InChI=1S/C8H9BrN4O/c1-4-10-5-6(8(11-4)14-3)13(2)12-7(5)9/h1-3H3. The normalized spacial score (nSPS) is 10.9. The van der Waals surface area contributed by atoms with E-state index >= 15 is 0 Å². The smallest absolute Gasteiger partial charge is 0.243 e. The largest absolute Gasteiger partial charge is 0.479 e. The van der Waals surface area contributed by atoms with Crippen LogP contribution in [0.5, 0.6) is 5.88 Å². The maximum absolute atomic E-state index is 5.17. The average molecular weight is 257 g/mol. The molecule has 0 aromatic carbocycles. The summed E-state index contributed by atoms with van der Waals surface area (Å²) in [6, 6.07) is 0. The van der Waals surface area contributed by atoms with Crippen LogP contribution >= 0.6 is 15.9 Å². The van der Waals surface area contributed by atoms with Crippen LogP contribution in [0.1, 0.15) is 5.82 Å². The van der Waals surface area contributed by atoms with Gasteiger partial charge < -0.3 is 4.74 Å². The zero-order valence-electron chi connectivity index (χ0n) is 8.08. The highest BCUT2D eigenvalue weighted by molar-refractivity contribution is 9.10. The zero-order valence-corrected chi connectivity index (χ0v) is 9.66. The maximum Gasteiger partial charge on any atom is 0.243 e. The van der Waals surface area contributed by atoms with E-state index in [0.717, 1.165) is 11.0 Å². The van der Waals surface area contributed by atoms with Gasteiger partial charge in [0.05, 0.1) is 7.11 Å². The minimum Gasteiger partial charge on any atom is -0.479 e. The first-order chi connectivity index (χ1) is 6.63. The molecule has 0 aliphatic carbocycles. The molecular formula is C8H9BrN4O. The molecule has 2 heterocycles. The van der Waals surface area contributed by atoms with Crippen LogP contribution in [0.25, 0.3) is 11.0 Å². The first-order valence-electron chi connectivity index (χ1n) is 4.04. The Morgan fingerprint density at radius 3 is 2.71 bits per heavy atom. The fraction of sp³-hybridized carbons (Fsp3) is 0.375. The van der Waals surface area contributed by atoms with Crippen LogP contribution in [0.15, 0.2) is 4.60 Å². The van der Waals surface area contributed by atoms with E-state index in [1.165, 1.54) is 0 Å². The average Bonchev–Trinajstić information content (AvgIpc) is 2.41. The Morgan fingerprint density at radius 1 is 1.36 bits per heavy atom. The number of methoxy groups -OCH3 is 1. The van der Waals surface area contributed by atoms with Crippen molar-refractivity contribution in [3.05, 3.63) is 10.4 Å². The number of fused-ring (bicyclic) bond motifs is 1. The van der Waals surface area contributed by atoms with Crippen molar-refractivity contribution in [2.45, 2.75) is 6.92 Å². The highest BCUT2D eigenvalue weighted by Crippen LogP contribution is 2.26. The molecule has 2 aromatic heterocycles. The van der Waals surface area contributed by atoms with Gasteiger partial charge in [0, 0.05) is 7.05 Å². The molecule has 0 amide bonds. The van der Waals surface area contributed by atoms with E-state index < -0.39 is 0 Å². The van der Waals surface area contributed by atoms with E-state index in [0.29, 0.717) is 16.3 Å². The molecule has 0 atom stereocenters. The monoisotopic (exact) mass is 256 g/mol. The number of halogens is 1. The molecule has 2 rings (SSSR count). The van der Waals surface area contributed by atoms with Crippen molar-refractivity contribution < 1.29 is 4.74 Å². The highest BCUT2D eigenvalue weighted by Gasteiger charge is 2.14. The topological polar surface area (TPSA) is 52.8 Å². The van der Waals surface area contributed by atoms with Gasteiger partial charge in [0.1, 0.15) is 16.9 Å². The van der Waals surface area contributed by atoms with Crippen LogP contribution < -0.4 is 4.74 Å². The number of rotatable bonds is 1. The molecule has 0 saturated carbocycles. The minimum absolute atomic E-state index is 0.549. The van der Waals surface area contributed by atoms with Crippen molar-refractivity contribution in [1.82, 2.24) is 19.7 Å². The summed E-state index contributed by atoms with van der Waals surface area (Å²) < 4.78 is 7.57. The molecule has 6 heteroatoms. The summed E-state index contributed by atoms with van der Waals surface area (Å²) in [5.41, 5.74) is 1.57. The molecule has 0 spiro atoms. The number of hydrogen-bond donors (Lipinski definition) is 0. The van der Waals surface area contributed by atoms with Crippen LogP contribution in [0.2, 0.25) is 0 Å². The lowest BCUT2D eigenvalue weighted by atomic mass is 10.4. The third kappa shape index (κ3) is 1.26. The maximum atomic E-state index is 5.17. The van der Waals surface area contributed by atoms with Gasteiger partial charge in [0.25, 0.3) is 0 Å². The molecule has 0 unspecified atom stereocenters. The first kappa shape index (κ1) is 9.39. The van der Waals surface area contributed by atoms with Crippen molar-refractivity contribution in [2.24, 2.45) is 7.05 Å². The third-order valence-electron chi connectivity index (χ3n) is 1.91. The summed E-state index contributed by atoms with van der Waals surface area (Å²) in [6.07, 6.45) is 0. The van der Waals surface area contributed by atoms with Crippen molar-refractivity contribution in [2.75, 3.05) is 7.11 Å². The van der Waals surface area contributed by atoms with Gasteiger partial charge in [-0.25, -0.2) is 4.98 Å². The third-order valence-corrected chi connectivity index (χ3v) is 2.45. The first-order valence-corrected chi connectivity index (χ1v) is 4.83. The van der Waals surface area contributed by atoms with Gasteiger partial charge >= 0.3 is 0 Å². The lowest BCUT2D eigenvalue weighted by molar-refractivity contribution is 0.399. The summed E-state index contributed by atoms with van der Waals surface area (Å²) in [5, 5.41) is 4.19. The van der Waals surface area contributed by atoms with Crippen LogP contribution in [0.3, 0.4) is 0 Å². The van der Waals surface area contributed by atoms with Crippen molar-refractivity contribution in [3.8, 4) is 5.88 Å². The molecule has 0 saturated heterocycles. The van der Waals surface area contributed by atoms with Gasteiger partial charge in [-0.15, -0.1) is 0 Å². The van der Waals surface area contributed by atoms with Crippen molar-refractivity contribution >= 4 is 27.0 Å². The second kappa shape index (κ2) is 3.20. The molecule has 5 nitrogen and oxygen atoms in total. The van der Waals surface area contributed by atoms with E-state index in [4.69, 9.17) is 4.74 Å². The van der Waals surface area contributed by atoms with E-state index in [9.17, 15) is 0 Å². The van der Waals surface area contributed by atoms with Crippen LogP contribution in [0.4, 0.5) is 0 Å². The quantitative estimate of drug-likeness (QED) is 0.775. The van der Waals surface area contributed by atoms with E-state index in [1.807, 2.05) is 14.0 Å². The van der Waals surface area contributed by atoms with Gasteiger partial charge in [-0.2, -0.15) is 10.1 Å². The lowest BCUT2D eigenvalue weighted by Gasteiger charge is -2.02. The predicted octanol–water partition coefficient (Wildman–Crippen LogP) is 1.44. The summed E-state index contributed by atoms with van der Waals surface area (Å²) in [4.78, 5) is 8.46.